The second-order valence-corrected chi connectivity index (χ2v) is 9.42. The van der Waals surface area contributed by atoms with Crippen molar-refractivity contribution in [1.29, 1.82) is 0 Å². The highest BCUT2D eigenvalue weighted by Gasteiger charge is 2.21. The van der Waals surface area contributed by atoms with Crippen molar-refractivity contribution in [2.24, 2.45) is 16.0 Å². The lowest BCUT2D eigenvalue weighted by molar-refractivity contribution is 0.164. The van der Waals surface area contributed by atoms with Crippen LogP contribution in [0.25, 0.3) is 0 Å². The van der Waals surface area contributed by atoms with E-state index in [1.54, 1.807) is 0 Å². The maximum absolute atomic E-state index is 14.8. The summed E-state index contributed by atoms with van der Waals surface area (Å²) in [6.07, 6.45) is -3.82. The summed E-state index contributed by atoms with van der Waals surface area (Å²) in [4.78, 5) is 0. The number of hydrogen-bond donors (Lipinski definition) is 9. The first-order chi connectivity index (χ1) is 14.8. The Balaban J connectivity index is 5.28. The summed E-state index contributed by atoms with van der Waals surface area (Å²) >= 11 is 0. The fourth-order valence-corrected chi connectivity index (χ4v) is 2.75. The molecule has 11 nitrogen and oxygen atoms in total. The van der Waals surface area contributed by atoms with Crippen LogP contribution in [0.2, 0.25) is 0 Å². The van der Waals surface area contributed by atoms with Crippen LogP contribution in [0.4, 0.5) is 4.39 Å². The largest absolute Gasteiger partial charge is 0.304 e. The summed E-state index contributed by atoms with van der Waals surface area (Å²) < 4.78 is 14.8. The number of nitrogens with one attached hydrogen (secondary N) is 8. The molecular formula is C10H40B10FN11. The number of halogens is 1. The van der Waals surface area contributed by atoms with Crippen molar-refractivity contribution in [1.82, 2.24) is 42.5 Å². The van der Waals surface area contributed by atoms with Gasteiger partial charge in [0.25, 0.3) is 6.42 Å². The quantitative estimate of drug-likeness (QED) is 0.0438. The maximum atomic E-state index is 14.8. The van der Waals surface area contributed by atoms with E-state index in [0.717, 1.165) is 0 Å². The van der Waals surface area contributed by atoms with Gasteiger partial charge in [0.15, 0.2) is 6.29 Å². The Morgan fingerprint density at radius 2 is 0.906 bits per heavy atom. The lowest BCUT2D eigenvalue weighted by Crippen LogP contribution is -2.71. The number of rotatable bonds is 18. The summed E-state index contributed by atoms with van der Waals surface area (Å²) in [5, 5.41) is 33.3. The number of alkyl halides is 1. The molecule has 0 saturated heterocycles. The summed E-state index contributed by atoms with van der Waals surface area (Å²) in [6, 6.07) is 0. The molecule has 0 radical (unpaired) electrons. The number of azo groups is 1. The van der Waals surface area contributed by atoms with E-state index in [1.807, 2.05) is 78.5 Å². The molecule has 32 heavy (non-hydrogen) atoms. The van der Waals surface area contributed by atoms with Crippen molar-refractivity contribution in [2.75, 3.05) is 0 Å². The van der Waals surface area contributed by atoms with E-state index in [-0.39, 0.29) is 35.5 Å². The molecule has 22 heteroatoms. The van der Waals surface area contributed by atoms with Crippen LogP contribution in [0.15, 0.2) is 10.2 Å². The highest BCUT2D eigenvalue weighted by molar-refractivity contribution is 6.37. The number of nitrogens with zero attached hydrogens (tertiary/aromatic N) is 2. The van der Waals surface area contributed by atoms with Gasteiger partial charge < -0.3 is 21.7 Å². The predicted octanol–water partition coefficient (Wildman–Crippen LogP) is -13.7. The van der Waals surface area contributed by atoms with Gasteiger partial charge in [-0.2, -0.15) is 5.11 Å². The van der Waals surface area contributed by atoms with Crippen molar-refractivity contribution >= 4 is 78.5 Å². The number of nitrogens with two attached hydrogens (primary N) is 1. The minimum atomic E-state index is -1.75. The third-order valence-corrected chi connectivity index (χ3v) is 3.76. The van der Waals surface area contributed by atoms with Gasteiger partial charge in [-0.05, 0) is 29.2 Å². The van der Waals surface area contributed by atoms with Crippen LogP contribution >= 0.6 is 0 Å². The Morgan fingerprint density at radius 3 is 1.31 bits per heavy atom. The van der Waals surface area contributed by atoms with Crippen LogP contribution in [0, 0.1) is 0 Å². The first-order valence-corrected chi connectivity index (χ1v) is 11.7. The molecule has 0 rings (SSSR count). The average molecular weight is 442 g/mol. The first kappa shape index (κ1) is 31.8. The van der Waals surface area contributed by atoms with Crippen molar-refractivity contribution in [2.45, 2.75) is 60.8 Å². The van der Waals surface area contributed by atoms with Crippen LogP contribution < -0.4 is 48.3 Å². The Hall–Kier alpha value is -0.181. The van der Waals surface area contributed by atoms with E-state index in [4.69, 9.17) is 5.73 Å². The smallest absolute Gasteiger partial charge is 0.265 e. The molecule has 0 aliphatic heterocycles. The van der Waals surface area contributed by atoms with E-state index >= 15 is 0 Å². The fourth-order valence-electron chi connectivity index (χ4n) is 2.75. The Bertz CT molecular complexity index is 488. The first-order valence-electron chi connectivity index (χ1n) is 11.7. The summed E-state index contributed by atoms with van der Waals surface area (Å²) in [7, 11) is 20.1. The zero-order valence-electron chi connectivity index (χ0n) is 21.6. The molecule has 0 bridgehead atoms. The van der Waals surface area contributed by atoms with E-state index in [0.29, 0.717) is 0 Å². The normalized spacial score (nSPS) is 15.8. The van der Waals surface area contributed by atoms with Gasteiger partial charge in [0, 0.05) is 0 Å². The van der Waals surface area contributed by atoms with Gasteiger partial charge in [-0.15, -0.1) is 5.11 Å². The highest BCUT2D eigenvalue weighted by Crippen LogP contribution is 1.95. The van der Waals surface area contributed by atoms with Gasteiger partial charge in [-0.25, -0.2) is 9.71 Å². The van der Waals surface area contributed by atoms with Gasteiger partial charge in [-0.3, -0.25) is 21.3 Å². The molecule has 0 spiro atoms. The molecule has 3 atom stereocenters. The molecule has 0 aliphatic rings. The highest BCUT2D eigenvalue weighted by atomic mass is 19.1. The van der Waals surface area contributed by atoms with Gasteiger partial charge in [0.2, 0.25) is 0 Å². The van der Waals surface area contributed by atoms with Crippen molar-refractivity contribution in [3.63, 3.8) is 0 Å². The molecule has 10 N–H and O–H groups in total. The van der Waals surface area contributed by atoms with Crippen molar-refractivity contribution in [3.05, 3.63) is 0 Å². The summed E-state index contributed by atoms with van der Waals surface area (Å²) in [5.74, 6) is 0.887. The zero-order chi connectivity index (χ0) is 24.8. The van der Waals surface area contributed by atoms with Gasteiger partial charge in [-0.1, -0.05) is 0 Å². The Morgan fingerprint density at radius 1 is 0.500 bits per heavy atom. The number of hydrogen-bond acceptors (Lipinski definition) is 11. The van der Waals surface area contributed by atoms with Crippen LogP contribution in [-0.2, 0) is 0 Å². The zero-order valence-corrected chi connectivity index (χ0v) is 21.6. The molecule has 0 fully saturated rings. The molecule has 172 valence electrons. The monoisotopic (exact) mass is 443 g/mol. The summed E-state index contributed by atoms with van der Waals surface area (Å²) in [6.45, 7) is 0. The second-order valence-electron chi connectivity index (χ2n) is 9.42. The second kappa shape index (κ2) is 17.3. The van der Waals surface area contributed by atoms with Crippen molar-refractivity contribution in [3.8, 4) is 0 Å². The van der Waals surface area contributed by atoms with Gasteiger partial charge in [0.1, 0.15) is 97.3 Å². The lowest BCUT2D eigenvalue weighted by Gasteiger charge is -2.33. The van der Waals surface area contributed by atoms with E-state index in [9.17, 15) is 4.39 Å². The fraction of sp³-hybridized carbons (Fsp3) is 1.00. The van der Waals surface area contributed by atoms with E-state index in [2.05, 4.69) is 52.8 Å². The molecule has 0 aromatic carbocycles. The standard InChI is InChI=1S/C10H40B10FN11/c11-1(12)23-7(22)29-9(30-8(24-2(13)14)25-3(15)16)28-6(21)31-32-10(26-4(17)18)27-5(19)20/h1-10,23-30H,11-20,22H2/b32-31+. The van der Waals surface area contributed by atoms with Gasteiger partial charge >= 0.3 is 0 Å². The molecule has 0 aliphatic carbocycles. The van der Waals surface area contributed by atoms with Crippen LogP contribution in [0.1, 0.15) is 0 Å². The molecule has 0 heterocycles. The average Bonchev–Trinajstić information content (AvgIpc) is 2.56. The lowest BCUT2D eigenvalue weighted by atomic mass is 9.77. The van der Waals surface area contributed by atoms with E-state index in [1.165, 1.54) is 0 Å². The van der Waals surface area contributed by atoms with Crippen LogP contribution in [0.5, 0.6) is 0 Å². The molecule has 3 unspecified atom stereocenters. The third-order valence-electron chi connectivity index (χ3n) is 3.76. The third kappa shape index (κ3) is 18.3. The topological polar surface area (TPSA) is 147 Å². The van der Waals surface area contributed by atoms with Crippen LogP contribution in [0.3, 0.4) is 0 Å². The molecule has 0 saturated carbocycles. The molecule has 0 aromatic heterocycles. The Kier molecular flexibility index (Phi) is 17.2. The minimum absolute atomic E-state index is 0.155. The van der Waals surface area contributed by atoms with Gasteiger partial charge in [0.05, 0.1) is 0 Å². The predicted molar refractivity (Wildman–Crippen MR) is 159 cm³/mol. The maximum Gasteiger partial charge on any atom is 0.265 e. The molecular weight excluding hydrogens is 401 g/mol. The Labute approximate surface area is 202 Å². The molecule has 0 aromatic rings. The SMILES string of the molecule is BC(B)NC(N)NC(NC(F)/N=N/C(NC(B)B)NC(B)B)NC(NC(B)B)NC(B)B. The molecule has 0 amide bonds. The summed E-state index contributed by atoms with van der Waals surface area (Å²) in [5.41, 5.74) is 6.12. The van der Waals surface area contributed by atoms with Crippen molar-refractivity contribution < 1.29 is 4.39 Å². The van der Waals surface area contributed by atoms with Crippen LogP contribution in [-0.4, -0.2) is 139 Å². The minimum Gasteiger partial charge on any atom is -0.304 e. The van der Waals surface area contributed by atoms with E-state index < -0.39 is 25.3 Å².